The van der Waals surface area contributed by atoms with Crippen molar-refractivity contribution < 1.29 is 8.42 Å². The predicted octanol–water partition coefficient (Wildman–Crippen LogP) is 2.94. The summed E-state index contributed by atoms with van der Waals surface area (Å²) in [5, 5.41) is 0.857. The van der Waals surface area contributed by atoms with Crippen LogP contribution in [0.15, 0.2) is 29.2 Å². The second-order valence-corrected chi connectivity index (χ2v) is 6.35. The van der Waals surface area contributed by atoms with Crippen LogP contribution in [0.4, 0.5) is 0 Å². The van der Waals surface area contributed by atoms with Crippen molar-refractivity contribution in [1.82, 2.24) is 0 Å². The molecule has 2 nitrogen and oxygen atoms in total. The summed E-state index contributed by atoms with van der Waals surface area (Å²) in [5.74, 6) is 0.240. The highest BCUT2D eigenvalue weighted by Crippen LogP contribution is 2.17. The van der Waals surface area contributed by atoms with E-state index in [9.17, 15) is 8.42 Å². The van der Waals surface area contributed by atoms with E-state index in [1.54, 1.807) is 12.1 Å². The number of hydrogen-bond acceptors (Lipinski definition) is 2. The number of halogens is 1. The Labute approximate surface area is 99.7 Å². The molecule has 0 aliphatic heterocycles. The van der Waals surface area contributed by atoms with E-state index in [1.807, 2.05) is 19.1 Å². The predicted molar refractivity (Wildman–Crippen MR) is 66.3 cm³/mol. The van der Waals surface area contributed by atoms with Gasteiger partial charge in [-0.25, -0.2) is 8.42 Å². The van der Waals surface area contributed by atoms with Crippen molar-refractivity contribution in [3.05, 3.63) is 29.8 Å². The van der Waals surface area contributed by atoms with Gasteiger partial charge in [0.1, 0.15) is 0 Å². The molecule has 0 aliphatic rings. The Balaban J connectivity index is 2.83. The van der Waals surface area contributed by atoms with Gasteiger partial charge in [-0.05, 0) is 31.4 Å². The zero-order chi connectivity index (χ0) is 11.3. The minimum atomic E-state index is -3.08. The van der Waals surface area contributed by atoms with Crippen LogP contribution < -0.4 is 0 Å². The Morgan fingerprint density at radius 1 is 1.20 bits per heavy atom. The van der Waals surface area contributed by atoms with Crippen molar-refractivity contribution in [3.8, 4) is 0 Å². The smallest absolute Gasteiger partial charge is 0.178 e. The van der Waals surface area contributed by atoms with Crippen LogP contribution in [0, 0.1) is 6.92 Å². The van der Waals surface area contributed by atoms with Crippen molar-refractivity contribution in [3.63, 3.8) is 0 Å². The van der Waals surface area contributed by atoms with Crippen molar-refractivity contribution in [1.29, 1.82) is 0 Å². The van der Waals surface area contributed by atoms with Crippen LogP contribution in [-0.2, 0) is 9.84 Å². The molecule has 84 valence electrons. The third kappa shape index (κ3) is 3.61. The van der Waals surface area contributed by atoms with Crippen LogP contribution in [-0.4, -0.2) is 19.5 Å². The van der Waals surface area contributed by atoms with E-state index in [4.69, 9.17) is 0 Å². The maximum Gasteiger partial charge on any atom is 0.178 e. The molecule has 0 saturated heterocycles. The number of alkyl halides is 1. The third-order valence-electron chi connectivity index (χ3n) is 2.23. The van der Waals surface area contributed by atoms with Gasteiger partial charge in [0, 0.05) is 5.33 Å². The first-order valence-electron chi connectivity index (χ1n) is 4.92. The zero-order valence-electron chi connectivity index (χ0n) is 8.74. The molecule has 4 heteroatoms. The Kier molecular flexibility index (Phi) is 4.80. The van der Waals surface area contributed by atoms with Gasteiger partial charge >= 0.3 is 0 Å². The fourth-order valence-corrected chi connectivity index (χ4v) is 3.45. The van der Waals surface area contributed by atoms with Crippen LogP contribution in [0.25, 0.3) is 0 Å². The van der Waals surface area contributed by atoms with Gasteiger partial charge in [-0.15, -0.1) is 0 Å². The molecule has 0 saturated carbocycles. The van der Waals surface area contributed by atoms with E-state index in [-0.39, 0.29) is 5.75 Å². The first kappa shape index (κ1) is 12.7. The van der Waals surface area contributed by atoms with Gasteiger partial charge in [0.05, 0.1) is 10.6 Å². The molecule has 1 rings (SSSR count). The molecule has 1 aromatic carbocycles. The van der Waals surface area contributed by atoms with Gasteiger partial charge in [0.2, 0.25) is 0 Å². The molecule has 0 atom stereocenters. The summed E-state index contributed by atoms with van der Waals surface area (Å²) in [6.45, 7) is 1.83. The van der Waals surface area contributed by atoms with E-state index >= 15 is 0 Å². The van der Waals surface area contributed by atoms with Gasteiger partial charge in [-0.3, -0.25) is 0 Å². The maximum atomic E-state index is 11.9. The molecule has 15 heavy (non-hydrogen) atoms. The lowest BCUT2D eigenvalue weighted by Crippen LogP contribution is -2.08. The van der Waals surface area contributed by atoms with E-state index in [2.05, 4.69) is 15.9 Å². The summed E-state index contributed by atoms with van der Waals surface area (Å²) >= 11 is 3.29. The fraction of sp³-hybridized carbons (Fsp3) is 0.455. The fourth-order valence-electron chi connectivity index (χ4n) is 1.40. The lowest BCUT2D eigenvalue weighted by atomic mass is 10.2. The highest BCUT2D eigenvalue weighted by Gasteiger charge is 2.15. The number of sulfone groups is 1. The van der Waals surface area contributed by atoms with Gasteiger partial charge < -0.3 is 0 Å². The lowest BCUT2D eigenvalue weighted by Gasteiger charge is -2.06. The first-order valence-corrected chi connectivity index (χ1v) is 7.69. The summed E-state index contributed by atoms with van der Waals surface area (Å²) in [6.07, 6.45) is 1.60. The van der Waals surface area contributed by atoms with Crippen LogP contribution in [0.1, 0.15) is 18.4 Å². The summed E-state index contributed by atoms with van der Waals surface area (Å²) in [4.78, 5) is 0.472. The van der Waals surface area contributed by atoms with Gasteiger partial charge in [0.25, 0.3) is 0 Å². The molecule has 0 radical (unpaired) electrons. The molecule has 0 N–H and O–H groups in total. The SMILES string of the molecule is Cc1ccccc1S(=O)(=O)CCCCBr. The topological polar surface area (TPSA) is 34.1 Å². The Morgan fingerprint density at radius 2 is 1.87 bits per heavy atom. The molecule has 0 bridgehead atoms. The maximum absolute atomic E-state index is 11.9. The van der Waals surface area contributed by atoms with Crippen molar-refractivity contribution in [2.24, 2.45) is 0 Å². The van der Waals surface area contributed by atoms with E-state index in [0.29, 0.717) is 11.3 Å². The van der Waals surface area contributed by atoms with Crippen molar-refractivity contribution in [2.45, 2.75) is 24.7 Å². The lowest BCUT2D eigenvalue weighted by molar-refractivity contribution is 0.592. The second-order valence-electron chi connectivity index (χ2n) is 3.48. The van der Waals surface area contributed by atoms with Gasteiger partial charge in [-0.2, -0.15) is 0 Å². The number of rotatable bonds is 5. The van der Waals surface area contributed by atoms with E-state index in [1.165, 1.54) is 0 Å². The molecule has 0 aromatic heterocycles. The van der Waals surface area contributed by atoms with Gasteiger partial charge in [-0.1, -0.05) is 34.1 Å². The van der Waals surface area contributed by atoms with Gasteiger partial charge in [0.15, 0.2) is 9.84 Å². The average molecular weight is 291 g/mol. The monoisotopic (exact) mass is 290 g/mol. The minimum Gasteiger partial charge on any atom is -0.224 e. The third-order valence-corrected chi connectivity index (χ3v) is 4.74. The van der Waals surface area contributed by atoms with E-state index in [0.717, 1.165) is 17.3 Å². The Hall–Kier alpha value is -0.350. The number of unbranched alkanes of at least 4 members (excludes halogenated alkanes) is 1. The largest absolute Gasteiger partial charge is 0.224 e. The van der Waals surface area contributed by atoms with E-state index < -0.39 is 9.84 Å². The van der Waals surface area contributed by atoms with Crippen LogP contribution in [0.3, 0.4) is 0 Å². The number of aryl methyl sites for hydroxylation is 1. The normalized spacial score (nSPS) is 11.6. The molecule has 1 aromatic rings. The van der Waals surface area contributed by atoms with Crippen molar-refractivity contribution >= 4 is 25.8 Å². The molecular weight excluding hydrogens is 276 g/mol. The molecule has 0 amide bonds. The van der Waals surface area contributed by atoms with Crippen molar-refractivity contribution in [2.75, 3.05) is 11.1 Å². The molecule has 0 unspecified atom stereocenters. The molecule has 0 aliphatic carbocycles. The number of benzene rings is 1. The average Bonchev–Trinajstić information content (AvgIpc) is 2.18. The molecule has 0 spiro atoms. The first-order chi connectivity index (χ1) is 7.08. The molecule has 0 fully saturated rings. The highest BCUT2D eigenvalue weighted by molar-refractivity contribution is 9.09. The molecular formula is C11H15BrO2S. The van der Waals surface area contributed by atoms with Crippen LogP contribution in [0.2, 0.25) is 0 Å². The van der Waals surface area contributed by atoms with Crippen LogP contribution in [0.5, 0.6) is 0 Å². The number of hydrogen-bond donors (Lipinski definition) is 0. The summed E-state index contributed by atoms with van der Waals surface area (Å²) < 4.78 is 23.8. The van der Waals surface area contributed by atoms with Crippen LogP contribution >= 0.6 is 15.9 Å². The second kappa shape index (κ2) is 5.66. The summed E-state index contributed by atoms with van der Waals surface area (Å²) in [5.41, 5.74) is 0.830. The zero-order valence-corrected chi connectivity index (χ0v) is 11.1. The quantitative estimate of drug-likeness (QED) is 0.617. The summed E-state index contributed by atoms with van der Waals surface area (Å²) in [7, 11) is -3.08. The summed E-state index contributed by atoms with van der Waals surface area (Å²) in [6, 6.07) is 7.13. The Bertz CT molecular complexity index is 412. The Morgan fingerprint density at radius 3 is 2.47 bits per heavy atom. The standard InChI is InChI=1S/C11H15BrO2S/c1-10-6-2-3-7-11(10)15(13,14)9-5-4-8-12/h2-3,6-7H,4-5,8-9H2,1H3. The molecule has 0 heterocycles. The minimum absolute atomic E-state index is 0.240. The highest BCUT2D eigenvalue weighted by atomic mass is 79.9.